The molecule has 0 aliphatic heterocycles. The van der Waals surface area contributed by atoms with Crippen LogP contribution in [0.5, 0.6) is 0 Å². The van der Waals surface area contributed by atoms with Crippen molar-refractivity contribution in [3.05, 3.63) is 0 Å². The van der Waals surface area contributed by atoms with Gasteiger partial charge in [0.25, 0.3) is 0 Å². The van der Waals surface area contributed by atoms with Crippen LogP contribution in [-0.2, 0) is 4.74 Å². The van der Waals surface area contributed by atoms with Crippen molar-refractivity contribution in [2.75, 3.05) is 6.61 Å². The molecule has 0 amide bonds. The fourth-order valence-electron chi connectivity index (χ4n) is 0.815. The lowest BCUT2D eigenvalue weighted by Crippen LogP contribution is -2.05. The van der Waals surface area contributed by atoms with Crippen molar-refractivity contribution in [3.63, 3.8) is 0 Å². The molecule has 1 aliphatic rings. The molecule has 1 aliphatic carbocycles. The molecule has 0 aromatic carbocycles. The molecule has 0 radical (unpaired) electrons. The molecule has 11 heavy (non-hydrogen) atoms. The summed E-state index contributed by atoms with van der Waals surface area (Å²) >= 11 is 11.5. The summed E-state index contributed by atoms with van der Waals surface area (Å²) in [6.07, 6.45) is 1.96. The van der Waals surface area contributed by atoms with E-state index in [2.05, 4.69) is 13.8 Å². The first kappa shape index (κ1) is 9.63. The van der Waals surface area contributed by atoms with Gasteiger partial charge in [0.15, 0.2) is 0 Å². The lowest BCUT2D eigenvalue weighted by atomic mass is 10.1. The zero-order chi connectivity index (χ0) is 8.48. The van der Waals surface area contributed by atoms with Gasteiger partial charge >= 0.3 is 0 Å². The highest BCUT2D eigenvalue weighted by molar-refractivity contribution is 6.51. The van der Waals surface area contributed by atoms with E-state index in [1.807, 2.05) is 0 Å². The van der Waals surface area contributed by atoms with Gasteiger partial charge in [-0.05, 0) is 12.3 Å². The van der Waals surface area contributed by atoms with Crippen LogP contribution in [0.4, 0.5) is 0 Å². The van der Waals surface area contributed by atoms with E-state index < -0.39 is 4.33 Å². The Hall–Kier alpha value is 0.540. The molecule has 1 rings (SSSR count). The molecule has 1 nitrogen and oxygen atoms in total. The first-order valence-electron chi connectivity index (χ1n) is 4.02. The number of ether oxygens (including phenoxy) is 1. The van der Waals surface area contributed by atoms with Gasteiger partial charge in [-0.15, -0.1) is 0 Å². The van der Waals surface area contributed by atoms with Gasteiger partial charge in [-0.1, -0.05) is 37.0 Å². The Labute approximate surface area is 78.0 Å². The predicted molar refractivity (Wildman–Crippen MR) is 48.2 cm³/mol. The Bertz CT molecular complexity index is 134. The molecule has 0 N–H and O–H groups in total. The van der Waals surface area contributed by atoms with Gasteiger partial charge in [-0.3, -0.25) is 0 Å². The second kappa shape index (κ2) is 3.51. The first-order chi connectivity index (χ1) is 5.02. The monoisotopic (exact) mass is 196 g/mol. The lowest BCUT2D eigenvalue weighted by molar-refractivity contribution is 0.108. The third kappa shape index (κ3) is 3.18. The van der Waals surface area contributed by atoms with E-state index in [1.165, 1.54) is 0 Å². The van der Waals surface area contributed by atoms with E-state index in [1.54, 1.807) is 0 Å². The largest absolute Gasteiger partial charge is 0.375 e. The normalized spacial score (nSPS) is 27.5. The highest BCUT2D eigenvalue weighted by Gasteiger charge is 2.52. The summed E-state index contributed by atoms with van der Waals surface area (Å²) in [6.45, 7) is 5.12. The molecule has 1 fully saturated rings. The Morgan fingerprint density at radius 2 is 2.09 bits per heavy atom. The zero-order valence-corrected chi connectivity index (χ0v) is 8.45. The summed E-state index contributed by atoms with van der Waals surface area (Å²) in [5.41, 5.74) is 0. The van der Waals surface area contributed by atoms with Crippen molar-refractivity contribution in [2.45, 2.75) is 37.1 Å². The first-order valence-corrected chi connectivity index (χ1v) is 4.77. The second-order valence-electron chi connectivity index (χ2n) is 3.51. The van der Waals surface area contributed by atoms with Crippen LogP contribution in [-0.4, -0.2) is 17.0 Å². The molecular weight excluding hydrogens is 183 g/mol. The molecule has 0 heterocycles. The highest BCUT2D eigenvalue weighted by Crippen LogP contribution is 2.49. The molecule has 0 saturated heterocycles. The molecule has 66 valence electrons. The summed E-state index contributed by atoms with van der Waals surface area (Å²) in [4.78, 5) is 0. The van der Waals surface area contributed by atoms with Gasteiger partial charge in [0.2, 0.25) is 0 Å². The van der Waals surface area contributed by atoms with Crippen molar-refractivity contribution in [1.29, 1.82) is 0 Å². The van der Waals surface area contributed by atoms with Crippen LogP contribution in [0.25, 0.3) is 0 Å². The number of hydrogen-bond donors (Lipinski definition) is 0. The summed E-state index contributed by atoms with van der Waals surface area (Å²) in [6, 6.07) is 0. The molecule has 1 unspecified atom stereocenters. The molecule has 1 saturated carbocycles. The highest BCUT2D eigenvalue weighted by atomic mass is 35.5. The summed E-state index contributed by atoms with van der Waals surface area (Å²) in [7, 11) is 0. The fourth-order valence-corrected chi connectivity index (χ4v) is 1.22. The molecular formula is C8H14Cl2O. The molecule has 1 atom stereocenters. The van der Waals surface area contributed by atoms with E-state index in [0.717, 1.165) is 19.4 Å². The summed E-state index contributed by atoms with van der Waals surface area (Å²) < 4.78 is 4.84. The molecule has 3 heteroatoms. The zero-order valence-electron chi connectivity index (χ0n) is 6.94. The maximum atomic E-state index is 5.76. The molecule has 0 aromatic heterocycles. The Kier molecular flexibility index (Phi) is 3.07. The Balaban J connectivity index is 1.98. The van der Waals surface area contributed by atoms with Crippen LogP contribution in [0, 0.1) is 5.92 Å². The summed E-state index contributed by atoms with van der Waals surface area (Å²) in [5.74, 6) is 0.689. The van der Waals surface area contributed by atoms with Crippen LogP contribution < -0.4 is 0 Å². The maximum absolute atomic E-state index is 5.76. The standard InChI is InChI=1S/C8H14Cl2O/c1-6(2)3-4-11-7-5-8(7,9)10/h6-7H,3-5H2,1-2H3. The van der Waals surface area contributed by atoms with Gasteiger partial charge < -0.3 is 4.74 Å². The quantitative estimate of drug-likeness (QED) is 0.629. The SMILES string of the molecule is CC(C)CCOC1CC1(Cl)Cl. The minimum Gasteiger partial charge on any atom is -0.375 e. The van der Waals surface area contributed by atoms with Crippen molar-refractivity contribution >= 4 is 23.2 Å². The molecule has 0 aromatic rings. The fraction of sp³-hybridized carbons (Fsp3) is 1.00. The Morgan fingerprint density at radius 3 is 2.45 bits per heavy atom. The third-order valence-corrected chi connectivity index (χ3v) is 2.58. The van der Waals surface area contributed by atoms with Crippen molar-refractivity contribution in [3.8, 4) is 0 Å². The van der Waals surface area contributed by atoms with Gasteiger partial charge in [0, 0.05) is 13.0 Å². The van der Waals surface area contributed by atoms with Crippen molar-refractivity contribution in [1.82, 2.24) is 0 Å². The second-order valence-corrected chi connectivity index (χ2v) is 5.05. The maximum Gasteiger partial charge on any atom is 0.146 e. The summed E-state index contributed by atoms with van der Waals surface area (Å²) in [5, 5.41) is 0. The number of hydrogen-bond acceptors (Lipinski definition) is 1. The lowest BCUT2D eigenvalue weighted by Gasteiger charge is -2.05. The number of rotatable bonds is 4. The minimum atomic E-state index is -0.572. The van der Waals surface area contributed by atoms with Crippen LogP contribution in [0.2, 0.25) is 0 Å². The molecule has 0 spiro atoms. The third-order valence-electron chi connectivity index (χ3n) is 1.78. The smallest absolute Gasteiger partial charge is 0.146 e. The van der Waals surface area contributed by atoms with Crippen LogP contribution in [0.15, 0.2) is 0 Å². The number of halogens is 2. The van der Waals surface area contributed by atoms with E-state index in [0.29, 0.717) is 5.92 Å². The van der Waals surface area contributed by atoms with Crippen LogP contribution in [0.3, 0.4) is 0 Å². The van der Waals surface area contributed by atoms with Crippen LogP contribution in [0.1, 0.15) is 26.7 Å². The van der Waals surface area contributed by atoms with Gasteiger partial charge in [-0.2, -0.15) is 0 Å². The number of alkyl halides is 2. The average Bonchev–Trinajstić information content (AvgIpc) is 2.39. The van der Waals surface area contributed by atoms with E-state index >= 15 is 0 Å². The average molecular weight is 197 g/mol. The van der Waals surface area contributed by atoms with Gasteiger partial charge in [-0.25, -0.2) is 0 Å². The van der Waals surface area contributed by atoms with Crippen molar-refractivity contribution < 1.29 is 4.74 Å². The van der Waals surface area contributed by atoms with E-state index in [-0.39, 0.29) is 6.10 Å². The molecule has 0 bridgehead atoms. The topological polar surface area (TPSA) is 9.23 Å². The van der Waals surface area contributed by atoms with Gasteiger partial charge in [0.05, 0.1) is 6.10 Å². The van der Waals surface area contributed by atoms with Gasteiger partial charge in [0.1, 0.15) is 4.33 Å². The Morgan fingerprint density at radius 1 is 1.55 bits per heavy atom. The van der Waals surface area contributed by atoms with Crippen molar-refractivity contribution in [2.24, 2.45) is 5.92 Å². The van der Waals surface area contributed by atoms with E-state index in [9.17, 15) is 0 Å². The minimum absolute atomic E-state index is 0.0876. The van der Waals surface area contributed by atoms with Crippen LogP contribution >= 0.6 is 23.2 Å². The predicted octanol–water partition coefficient (Wildman–Crippen LogP) is 3.00. The van der Waals surface area contributed by atoms with E-state index in [4.69, 9.17) is 27.9 Å².